The molecule has 0 aliphatic carbocycles. The van der Waals surface area contributed by atoms with E-state index in [1.54, 1.807) is 24.5 Å². The van der Waals surface area contributed by atoms with Crippen molar-refractivity contribution >= 4 is 29.1 Å². The number of aromatic carboxylic acids is 1. The molecular weight excluding hydrogens is 242 g/mol. The number of hydrogen-bond acceptors (Lipinski definition) is 4. The van der Waals surface area contributed by atoms with E-state index in [1.807, 2.05) is 0 Å². The van der Waals surface area contributed by atoms with Crippen LogP contribution < -0.4 is 5.32 Å². The predicted molar refractivity (Wildman–Crippen MR) is 63.7 cm³/mol. The van der Waals surface area contributed by atoms with Crippen LogP contribution in [0.2, 0.25) is 5.15 Å². The van der Waals surface area contributed by atoms with Crippen LogP contribution in [0.1, 0.15) is 10.4 Å². The number of pyridine rings is 2. The molecule has 6 heteroatoms. The van der Waals surface area contributed by atoms with Crippen LogP contribution in [-0.4, -0.2) is 21.0 Å². The summed E-state index contributed by atoms with van der Waals surface area (Å²) >= 11 is 5.73. The van der Waals surface area contributed by atoms with Gasteiger partial charge in [0.15, 0.2) is 0 Å². The van der Waals surface area contributed by atoms with Crippen LogP contribution in [0.25, 0.3) is 0 Å². The van der Waals surface area contributed by atoms with E-state index in [1.165, 1.54) is 12.1 Å². The number of nitrogens with one attached hydrogen (secondary N) is 1. The van der Waals surface area contributed by atoms with Crippen LogP contribution >= 0.6 is 11.6 Å². The maximum Gasteiger partial charge on any atom is 0.339 e. The van der Waals surface area contributed by atoms with Crippen molar-refractivity contribution in [3.63, 3.8) is 0 Å². The summed E-state index contributed by atoms with van der Waals surface area (Å²) in [4.78, 5) is 18.8. The van der Waals surface area contributed by atoms with Gasteiger partial charge in [0.25, 0.3) is 0 Å². The molecule has 0 aliphatic rings. The van der Waals surface area contributed by atoms with Gasteiger partial charge in [-0.15, -0.1) is 0 Å². The molecule has 86 valence electrons. The fourth-order valence-corrected chi connectivity index (χ4v) is 1.42. The largest absolute Gasteiger partial charge is 0.478 e. The number of hydrogen-bond donors (Lipinski definition) is 2. The number of carboxylic acid groups (broad SMARTS) is 1. The van der Waals surface area contributed by atoms with Crippen LogP contribution in [0.15, 0.2) is 36.7 Å². The van der Waals surface area contributed by atoms with Crippen molar-refractivity contribution in [3.05, 3.63) is 47.4 Å². The van der Waals surface area contributed by atoms with E-state index in [9.17, 15) is 4.79 Å². The Labute approximate surface area is 102 Å². The van der Waals surface area contributed by atoms with Gasteiger partial charge in [-0.2, -0.15) is 0 Å². The molecule has 0 amide bonds. The maximum absolute atomic E-state index is 11.0. The molecule has 17 heavy (non-hydrogen) atoms. The Hall–Kier alpha value is -2.14. The SMILES string of the molecule is O=C(O)c1ccc(Cl)nc1Nc1cccnc1. The zero-order valence-corrected chi connectivity index (χ0v) is 9.35. The summed E-state index contributed by atoms with van der Waals surface area (Å²) in [5.74, 6) is -0.876. The zero-order chi connectivity index (χ0) is 12.3. The highest BCUT2D eigenvalue weighted by Gasteiger charge is 2.12. The van der Waals surface area contributed by atoms with Crippen LogP contribution in [0.5, 0.6) is 0 Å². The second kappa shape index (κ2) is 4.80. The average molecular weight is 250 g/mol. The molecule has 0 fully saturated rings. The van der Waals surface area contributed by atoms with Gasteiger partial charge in [-0.25, -0.2) is 9.78 Å². The zero-order valence-electron chi connectivity index (χ0n) is 8.59. The molecule has 2 heterocycles. The molecule has 2 aromatic rings. The lowest BCUT2D eigenvalue weighted by molar-refractivity contribution is 0.0697. The summed E-state index contributed by atoms with van der Waals surface area (Å²) < 4.78 is 0. The quantitative estimate of drug-likeness (QED) is 0.818. The summed E-state index contributed by atoms with van der Waals surface area (Å²) in [5, 5.41) is 12.1. The standard InChI is InChI=1S/C11H8ClN3O2/c12-9-4-3-8(11(16)17)10(15-9)14-7-2-1-5-13-6-7/h1-6H,(H,14,15)(H,16,17). The second-order valence-corrected chi connectivity index (χ2v) is 3.59. The van der Waals surface area contributed by atoms with Gasteiger partial charge in [0.2, 0.25) is 0 Å². The Morgan fingerprint density at radius 1 is 1.35 bits per heavy atom. The molecule has 2 rings (SSSR count). The maximum atomic E-state index is 11.0. The highest BCUT2D eigenvalue weighted by Crippen LogP contribution is 2.20. The number of halogens is 1. The molecule has 5 nitrogen and oxygen atoms in total. The average Bonchev–Trinajstić information content (AvgIpc) is 2.30. The van der Waals surface area contributed by atoms with Crippen LogP contribution in [0, 0.1) is 0 Å². The minimum Gasteiger partial charge on any atom is -0.478 e. The molecule has 0 atom stereocenters. The summed E-state index contributed by atoms with van der Waals surface area (Å²) in [7, 11) is 0. The lowest BCUT2D eigenvalue weighted by Crippen LogP contribution is -2.05. The van der Waals surface area contributed by atoms with Crippen LogP contribution in [0.3, 0.4) is 0 Å². The normalized spacial score (nSPS) is 9.94. The number of carbonyl (C=O) groups is 1. The highest BCUT2D eigenvalue weighted by atomic mass is 35.5. The van der Waals surface area contributed by atoms with Gasteiger partial charge >= 0.3 is 5.97 Å². The van der Waals surface area contributed by atoms with Gasteiger partial charge in [0.05, 0.1) is 11.9 Å². The number of rotatable bonds is 3. The Morgan fingerprint density at radius 3 is 2.82 bits per heavy atom. The van der Waals surface area contributed by atoms with Gasteiger partial charge in [0.1, 0.15) is 16.5 Å². The van der Waals surface area contributed by atoms with Crippen molar-refractivity contribution in [3.8, 4) is 0 Å². The summed E-state index contributed by atoms with van der Waals surface area (Å²) in [6.45, 7) is 0. The van der Waals surface area contributed by atoms with E-state index in [2.05, 4.69) is 15.3 Å². The summed E-state index contributed by atoms with van der Waals surface area (Å²) in [6.07, 6.45) is 3.18. The Morgan fingerprint density at radius 2 is 2.18 bits per heavy atom. The van der Waals surface area contributed by atoms with Crippen LogP contribution in [0.4, 0.5) is 11.5 Å². The summed E-state index contributed by atoms with van der Waals surface area (Å²) in [5.41, 5.74) is 0.697. The van der Waals surface area contributed by atoms with E-state index < -0.39 is 5.97 Å². The van der Waals surface area contributed by atoms with Gasteiger partial charge in [-0.3, -0.25) is 4.98 Å². The van der Waals surface area contributed by atoms with E-state index >= 15 is 0 Å². The minimum atomic E-state index is -1.07. The topological polar surface area (TPSA) is 75.1 Å². The minimum absolute atomic E-state index is 0.0539. The number of nitrogens with zero attached hydrogens (tertiary/aromatic N) is 2. The Kier molecular flexibility index (Phi) is 3.20. The van der Waals surface area contributed by atoms with E-state index in [4.69, 9.17) is 16.7 Å². The molecule has 0 aromatic carbocycles. The number of aromatic nitrogens is 2. The summed E-state index contributed by atoms with van der Waals surface area (Å²) in [6, 6.07) is 6.31. The fourth-order valence-electron chi connectivity index (χ4n) is 1.28. The Balaban J connectivity index is 2.37. The van der Waals surface area contributed by atoms with Crippen molar-refractivity contribution in [1.29, 1.82) is 0 Å². The second-order valence-electron chi connectivity index (χ2n) is 3.20. The smallest absolute Gasteiger partial charge is 0.339 e. The molecule has 0 saturated heterocycles. The first-order valence-corrected chi connectivity index (χ1v) is 5.11. The molecule has 2 aromatic heterocycles. The lowest BCUT2D eigenvalue weighted by Gasteiger charge is -2.08. The fraction of sp³-hybridized carbons (Fsp3) is 0. The molecule has 2 N–H and O–H groups in total. The van der Waals surface area contributed by atoms with Crippen molar-refractivity contribution in [2.75, 3.05) is 5.32 Å². The third-order valence-corrected chi connectivity index (χ3v) is 2.23. The number of carboxylic acids is 1. The molecule has 0 spiro atoms. The van der Waals surface area contributed by atoms with Gasteiger partial charge in [0, 0.05) is 6.20 Å². The monoisotopic (exact) mass is 249 g/mol. The van der Waals surface area contributed by atoms with E-state index in [0.29, 0.717) is 5.69 Å². The Bertz CT molecular complexity index is 546. The first-order chi connectivity index (χ1) is 8.16. The highest BCUT2D eigenvalue weighted by molar-refractivity contribution is 6.29. The van der Waals surface area contributed by atoms with E-state index in [0.717, 1.165) is 0 Å². The molecule has 0 unspecified atom stereocenters. The molecule has 0 aliphatic heterocycles. The van der Waals surface area contributed by atoms with Crippen molar-refractivity contribution in [2.45, 2.75) is 0 Å². The predicted octanol–water partition coefficient (Wildman–Crippen LogP) is 2.57. The third-order valence-electron chi connectivity index (χ3n) is 2.02. The van der Waals surface area contributed by atoms with Crippen molar-refractivity contribution in [2.24, 2.45) is 0 Å². The number of anilines is 2. The van der Waals surface area contributed by atoms with Crippen molar-refractivity contribution < 1.29 is 9.90 Å². The third kappa shape index (κ3) is 2.70. The van der Waals surface area contributed by atoms with E-state index in [-0.39, 0.29) is 16.5 Å². The molecular formula is C11H8ClN3O2. The van der Waals surface area contributed by atoms with Gasteiger partial charge in [-0.05, 0) is 24.3 Å². The molecule has 0 bridgehead atoms. The van der Waals surface area contributed by atoms with Crippen LogP contribution in [-0.2, 0) is 0 Å². The first-order valence-electron chi connectivity index (χ1n) is 4.74. The molecule has 0 saturated carbocycles. The molecule has 0 radical (unpaired) electrons. The first kappa shape index (κ1) is 11.3. The lowest BCUT2D eigenvalue weighted by atomic mass is 10.2. The van der Waals surface area contributed by atoms with Gasteiger partial charge in [-0.1, -0.05) is 11.6 Å². The van der Waals surface area contributed by atoms with Crippen molar-refractivity contribution in [1.82, 2.24) is 9.97 Å². The van der Waals surface area contributed by atoms with Gasteiger partial charge < -0.3 is 10.4 Å².